The Morgan fingerprint density at radius 3 is 2.95 bits per heavy atom. The fourth-order valence-electron chi connectivity index (χ4n) is 2.04. The van der Waals surface area contributed by atoms with Crippen LogP contribution in [0.4, 0.5) is 0 Å². The molecule has 0 amide bonds. The third kappa shape index (κ3) is 2.28. The molecule has 0 saturated carbocycles. The number of nitriles is 1. The predicted molar refractivity (Wildman–Crippen MR) is 79.8 cm³/mol. The molecule has 0 fully saturated rings. The van der Waals surface area contributed by atoms with Gasteiger partial charge in [0, 0.05) is 12.7 Å². The van der Waals surface area contributed by atoms with Crippen LogP contribution in [-0.4, -0.2) is 16.4 Å². The lowest BCUT2D eigenvalue weighted by atomic mass is 10.2. The first kappa shape index (κ1) is 13.3. The molecule has 104 valence electrons. The summed E-state index contributed by atoms with van der Waals surface area (Å²) in [5, 5.41) is 10.9. The largest absolute Gasteiger partial charge is 0.401 e. The van der Waals surface area contributed by atoms with Gasteiger partial charge in [-0.15, -0.1) is 11.3 Å². The van der Waals surface area contributed by atoms with Crippen LogP contribution in [0.1, 0.15) is 21.8 Å². The summed E-state index contributed by atoms with van der Waals surface area (Å²) in [6.07, 6.45) is 1.65. The topological polar surface area (TPSA) is 67.4 Å². The van der Waals surface area contributed by atoms with Gasteiger partial charge in [-0.05, 0) is 36.1 Å². The fourth-order valence-corrected chi connectivity index (χ4v) is 2.69. The van der Waals surface area contributed by atoms with Gasteiger partial charge in [0.25, 0.3) is 0 Å². The first-order valence-electron chi connectivity index (χ1n) is 6.23. The van der Waals surface area contributed by atoms with Crippen LogP contribution in [0.15, 0.2) is 34.3 Å². The lowest BCUT2D eigenvalue weighted by Crippen LogP contribution is -2.03. The van der Waals surface area contributed by atoms with Crippen molar-refractivity contribution in [1.82, 2.24) is 4.57 Å². The Bertz CT molecular complexity index is 820. The Morgan fingerprint density at radius 2 is 2.33 bits per heavy atom. The Kier molecular flexibility index (Phi) is 3.20. The molecule has 1 aliphatic heterocycles. The average Bonchev–Trinajstić information content (AvgIpc) is 3.16. The second-order valence-corrected chi connectivity index (χ2v) is 5.50. The Morgan fingerprint density at radius 1 is 1.52 bits per heavy atom. The zero-order valence-electron chi connectivity index (χ0n) is 11.5. The number of cyclic esters (lactones) is 1. The number of hydrogen-bond acceptors (Lipinski definition) is 5. The van der Waals surface area contributed by atoms with Crippen molar-refractivity contribution in [3.63, 3.8) is 0 Å². The molecule has 0 radical (unpaired) electrons. The number of rotatable bonds is 2. The van der Waals surface area contributed by atoms with Gasteiger partial charge in [0.1, 0.15) is 11.8 Å². The van der Waals surface area contributed by atoms with Crippen LogP contribution in [0.25, 0.3) is 6.08 Å². The van der Waals surface area contributed by atoms with Gasteiger partial charge >= 0.3 is 5.97 Å². The maximum Gasteiger partial charge on any atom is 0.363 e. The SMILES string of the molecule is Cc1c(/C=C2/N=C(c3cccs3)OC2=O)cc(C#N)n1C. The van der Waals surface area contributed by atoms with Crippen LogP contribution in [-0.2, 0) is 16.6 Å². The normalized spacial score (nSPS) is 16.0. The molecule has 0 aliphatic carbocycles. The zero-order chi connectivity index (χ0) is 15.0. The van der Waals surface area contributed by atoms with Crippen molar-refractivity contribution in [2.24, 2.45) is 12.0 Å². The van der Waals surface area contributed by atoms with Gasteiger partial charge in [-0.25, -0.2) is 9.79 Å². The van der Waals surface area contributed by atoms with E-state index in [1.807, 2.05) is 31.5 Å². The smallest absolute Gasteiger partial charge is 0.363 e. The summed E-state index contributed by atoms with van der Waals surface area (Å²) < 4.78 is 6.95. The van der Waals surface area contributed by atoms with Gasteiger partial charge in [-0.1, -0.05) is 6.07 Å². The highest BCUT2D eigenvalue weighted by molar-refractivity contribution is 7.12. The van der Waals surface area contributed by atoms with Gasteiger partial charge < -0.3 is 9.30 Å². The van der Waals surface area contributed by atoms with E-state index < -0.39 is 5.97 Å². The quantitative estimate of drug-likeness (QED) is 0.632. The minimum absolute atomic E-state index is 0.247. The number of carbonyl (C=O) groups excluding carboxylic acids is 1. The number of esters is 1. The van der Waals surface area contributed by atoms with E-state index in [9.17, 15) is 4.79 Å². The second-order valence-electron chi connectivity index (χ2n) is 4.55. The molecule has 1 aliphatic rings. The molecule has 0 spiro atoms. The predicted octanol–water partition coefficient (Wildman–Crippen LogP) is 2.61. The molecule has 21 heavy (non-hydrogen) atoms. The first-order valence-corrected chi connectivity index (χ1v) is 7.11. The third-order valence-corrected chi connectivity index (χ3v) is 4.19. The molecule has 0 atom stereocenters. The summed E-state index contributed by atoms with van der Waals surface area (Å²) >= 11 is 1.46. The molecule has 3 rings (SSSR count). The van der Waals surface area contributed by atoms with Crippen LogP contribution >= 0.6 is 11.3 Å². The number of aromatic nitrogens is 1. The summed E-state index contributed by atoms with van der Waals surface area (Å²) in [6, 6.07) is 7.56. The standard InChI is InChI=1S/C15H11N3O2S/c1-9-10(6-11(8-16)18(9)2)7-12-15(19)20-14(17-12)13-4-3-5-21-13/h3-7H,1-2H3/b12-7+. The minimum atomic E-state index is -0.472. The Balaban J connectivity index is 2.01. The van der Waals surface area contributed by atoms with Gasteiger partial charge in [0.2, 0.25) is 5.90 Å². The molecular formula is C15H11N3O2S. The summed E-state index contributed by atoms with van der Waals surface area (Å²) in [5.74, 6) is -0.143. The van der Waals surface area contributed by atoms with Crippen LogP contribution < -0.4 is 0 Å². The third-order valence-electron chi connectivity index (χ3n) is 3.33. The average molecular weight is 297 g/mol. The van der Waals surface area contributed by atoms with E-state index in [0.29, 0.717) is 11.6 Å². The van der Waals surface area contributed by atoms with Gasteiger partial charge in [0.05, 0.1) is 4.88 Å². The highest BCUT2D eigenvalue weighted by atomic mass is 32.1. The summed E-state index contributed by atoms with van der Waals surface area (Å²) in [7, 11) is 1.81. The van der Waals surface area contributed by atoms with Crippen LogP contribution in [0.3, 0.4) is 0 Å². The van der Waals surface area contributed by atoms with Crippen molar-refractivity contribution in [2.45, 2.75) is 6.92 Å². The summed E-state index contributed by atoms with van der Waals surface area (Å²) in [4.78, 5) is 16.9. The highest BCUT2D eigenvalue weighted by Crippen LogP contribution is 2.23. The maximum atomic E-state index is 11.9. The fraction of sp³-hybridized carbons (Fsp3) is 0.133. The number of thiophene rings is 1. The molecule has 0 unspecified atom stereocenters. The number of carbonyl (C=O) groups is 1. The van der Waals surface area contributed by atoms with E-state index >= 15 is 0 Å². The maximum absolute atomic E-state index is 11.9. The molecule has 0 bridgehead atoms. The Labute approximate surface area is 125 Å². The van der Waals surface area contributed by atoms with E-state index in [1.165, 1.54) is 11.3 Å². The molecule has 0 N–H and O–H groups in total. The molecule has 5 nitrogen and oxygen atoms in total. The molecule has 3 heterocycles. The molecule has 6 heteroatoms. The number of aliphatic imine (C=N–C) groups is 1. The van der Waals surface area contributed by atoms with Crippen LogP contribution in [0.2, 0.25) is 0 Å². The summed E-state index contributed by atoms with van der Waals surface area (Å²) in [5.41, 5.74) is 2.47. The van der Waals surface area contributed by atoms with Gasteiger partial charge in [-0.2, -0.15) is 5.26 Å². The van der Waals surface area contributed by atoms with Crippen molar-refractivity contribution >= 4 is 29.3 Å². The van der Waals surface area contributed by atoms with Crippen molar-refractivity contribution in [1.29, 1.82) is 5.26 Å². The molecular weight excluding hydrogens is 286 g/mol. The van der Waals surface area contributed by atoms with E-state index in [2.05, 4.69) is 11.1 Å². The molecule has 2 aromatic heterocycles. The minimum Gasteiger partial charge on any atom is -0.401 e. The molecule has 2 aromatic rings. The van der Waals surface area contributed by atoms with Gasteiger partial charge in [0.15, 0.2) is 5.70 Å². The molecule has 0 aromatic carbocycles. The van der Waals surface area contributed by atoms with Crippen molar-refractivity contribution in [3.8, 4) is 6.07 Å². The van der Waals surface area contributed by atoms with Crippen molar-refractivity contribution < 1.29 is 9.53 Å². The zero-order valence-corrected chi connectivity index (χ0v) is 12.3. The molecule has 0 saturated heterocycles. The number of ether oxygens (including phenoxy) is 1. The second kappa shape index (κ2) is 5.04. The summed E-state index contributed by atoms with van der Waals surface area (Å²) in [6.45, 7) is 1.89. The van der Waals surface area contributed by atoms with Crippen LogP contribution in [0, 0.1) is 18.3 Å². The van der Waals surface area contributed by atoms with E-state index in [-0.39, 0.29) is 5.70 Å². The number of nitrogens with zero attached hydrogens (tertiary/aromatic N) is 3. The van der Waals surface area contributed by atoms with E-state index in [4.69, 9.17) is 10.00 Å². The lowest BCUT2D eigenvalue weighted by molar-refractivity contribution is -0.129. The van der Waals surface area contributed by atoms with Crippen molar-refractivity contribution in [3.05, 3.63) is 51.1 Å². The van der Waals surface area contributed by atoms with E-state index in [1.54, 1.807) is 16.7 Å². The number of hydrogen-bond donors (Lipinski definition) is 0. The van der Waals surface area contributed by atoms with Crippen molar-refractivity contribution in [2.75, 3.05) is 0 Å². The van der Waals surface area contributed by atoms with E-state index in [0.717, 1.165) is 16.1 Å². The lowest BCUT2D eigenvalue weighted by Gasteiger charge is -1.97. The highest BCUT2D eigenvalue weighted by Gasteiger charge is 2.25. The van der Waals surface area contributed by atoms with Crippen LogP contribution in [0.5, 0.6) is 0 Å². The first-order chi connectivity index (χ1) is 10.1. The monoisotopic (exact) mass is 297 g/mol. The van der Waals surface area contributed by atoms with Gasteiger partial charge in [-0.3, -0.25) is 0 Å². The Hall–Kier alpha value is -2.65.